The number of hydrogen-bond donors (Lipinski definition) is 1. The van der Waals surface area contributed by atoms with Crippen molar-refractivity contribution in [2.75, 3.05) is 13.1 Å². The van der Waals surface area contributed by atoms with Gasteiger partial charge in [-0.2, -0.15) is 0 Å². The van der Waals surface area contributed by atoms with Crippen molar-refractivity contribution >= 4 is 23.2 Å². The highest BCUT2D eigenvalue weighted by molar-refractivity contribution is 7.14. The van der Waals surface area contributed by atoms with Crippen molar-refractivity contribution in [1.29, 1.82) is 0 Å². The lowest BCUT2D eigenvalue weighted by molar-refractivity contribution is -0.141. The number of aromatic nitrogens is 1. The second-order valence-electron chi connectivity index (χ2n) is 6.95. The van der Waals surface area contributed by atoms with Crippen molar-refractivity contribution < 1.29 is 14.7 Å². The lowest BCUT2D eigenvalue weighted by atomic mass is 9.89. The number of likely N-dealkylation sites (tertiary alicyclic amines) is 1. The van der Waals surface area contributed by atoms with Gasteiger partial charge in [0.15, 0.2) is 0 Å². The first-order valence-corrected chi connectivity index (χ1v) is 9.96. The molecule has 4 rings (SSSR count). The molecule has 2 atom stereocenters. The molecule has 142 valence electrons. The predicted molar refractivity (Wildman–Crippen MR) is 108 cm³/mol. The van der Waals surface area contributed by atoms with E-state index in [1.54, 1.807) is 4.90 Å². The van der Waals surface area contributed by atoms with Gasteiger partial charge < -0.3 is 10.0 Å². The molecule has 1 N–H and O–H groups in total. The summed E-state index contributed by atoms with van der Waals surface area (Å²) in [5.74, 6) is -1.83. The summed E-state index contributed by atoms with van der Waals surface area (Å²) in [6.45, 7) is 2.48. The van der Waals surface area contributed by atoms with E-state index in [1.165, 1.54) is 11.3 Å². The number of hydrogen-bond acceptors (Lipinski definition) is 4. The molecule has 0 radical (unpaired) electrons. The van der Waals surface area contributed by atoms with Crippen molar-refractivity contribution in [2.45, 2.75) is 12.8 Å². The third kappa shape index (κ3) is 3.43. The second kappa shape index (κ2) is 7.56. The minimum atomic E-state index is -0.868. The first-order valence-electron chi connectivity index (χ1n) is 9.14. The minimum absolute atomic E-state index is 0.144. The van der Waals surface area contributed by atoms with Crippen LogP contribution in [0.2, 0.25) is 0 Å². The van der Waals surface area contributed by atoms with Gasteiger partial charge >= 0.3 is 5.97 Å². The highest BCUT2D eigenvalue weighted by Crippen LogP contribution is 2.36. The Morgan fingerprint density at radius 3 is 2.32 bits per heavy atom. The average Bonchev–Trinajstić information content (AvgIpc) is 3.33. The van der Waals surface area contributed by atoms with Gasteiger partial charge in [-0.3, -0.25) is 9.59 Å². The number of rotatable bonds is 4. The van der Waals surface area contributed by atoms with E-state index in [1.807, 2.05) is 67.6 Å². The van der Waals surface area contributed by atoms with Crippen molar-refractivity contribution in [3.63, 3.8) is 0 Å². The Bertz CT molecular complexity index is 1000. The third-order valence-corrected chi connectivity index (χ3v) is 6.09. The molecular weight excluding hydrogens is 372 g/mol. The van der Waals surface area contributed by atoms with Crippen LogP contribution in [-0.2, 0) is 4.79 Å². The topological polar surface area (TPSA) is 70.5 Å². The Morgan fingerprint density at radius 2 is 1.68 bits per heavy atom. The Hall–Kier alpha value is -2.99. The van der Waals surface area contributed by atoms with Crippen molar-refractivity contribution in [3.05, 3.63) is 76.1 Å². The molecule has 3 aromatic rings. The predicted octanol–water partition coefficient (Wildman–Crippen LogP) is 4.06. The molecule has 1 saturated heterocycles. The molecule has 1 aromatic heterocycles. The first kappa shape index (κ1) is 18.4. The lowest BCUT2D eigenvalue weighted by Crippen LogP contribution is -2.29. The van der Waals surface area contributed by atoms with Crippen LogP contribution in [-0.4, -0.2) is 40.0 Å². The van der Waals surface area contributed by atoms with Gasteiger partial charge in [0.25, 0.3) is 5.91 Å². The SMILES string of the molecule is Cc1nc(-c2ccccc2)c(C(=O)N2C[C@@H](C(=O)O)[C@H](c3ccccc3)C2)s1. The van der Waals surface area contributed by atoms with E-state index >= 15 is 0 Å². The maximum Gasteiger partial charge on any atom is 0.308 e. The maximum absolute atomic E-state index is 13.3. The standard InChI is InChI=1S/C22H20N2O3S/c1-14-23-19(16-10-6-3-7-11-16)20(28-14)21(25)24-12-17(18(13-24)22(26)27)15-8-4-2-5-9-15/h2-11,17-18H,12-13H2,1H3,(H,26,27)/t17-,18+/m0/s1. The summed E-state index contributed by atoms with van der Waals surface area (Å²) in [6.07, 6.45) is 0. The fraction of sp³-hybridized carbons (Fsp3) is 0.227. The Labute approximate surface area is 167 Å². The Balaban J connectivity index is 1.65. The highest BCUT2D eigenvalue weighted by Gasteiger charge is 2.41. The van der Waals surface area contributed by atoms with E-state index < -0.39 is 11.9 Å². The fourth-order valence-corrected chi connectivity index (χ4v) is 4.67. The van der Waals surface area contributed by atoms with Crippen molar-refractivity contribution in [3.8, 4) is 11.3 Å². The molecule has 5 nitrogen and oxygen atoms in total. The van der Waals surface area contributed by atoms with Crippen LogP contribution >= 0.6 is 11.3 Å². The zero-order valence-electron chi connectivity index (χ0n) is 15.4. The zero-order chi connectivity index (χ0) is 19.7. The zero-order valence-corrected chi connectivity index (χ0v) is 16.2. The normalized spacial score (nSPS) is 19.0. The van der Waals surface area contributed by atoms with Crippen LogP contribution in [0.5, 0.6) is 0 Å². The molecule has 1 aliphatic heterocycles. The quantitative estimate of drug-likeness (QED) is 0.727. The molecule has 0 unspecified atom stereocenters. The number of aliphatic carboxylic acids is 1. The molecular formula is C22H20N2O3S. The van der Waals surface area contributed by atoms with Crippen LogP contribution in [0.1, 0.15) is 26.2 Å². The van der Waals surface area contributed by atoms with Crippen LogP contribution in [0.4, 0.5) is 0 Å². The number of aryl methyl sites for hydroxylation is 1. The number of carboxylic acid groups (broad SMARTS) is 1. The third-order valence-electron chi connectivity index (χ3n) is 5.13. The molecule has 0 spiro atoms. The fourth-order valence-electron chi connectivity index (χ4n) is 3.77. The van der Waals surface area contributed by atoms with Crippen LogP contribution < -0.4 is 0 Å². The van der Waals surface area contributed by atoms with Crippen LogP contribution in [0.15, 0.2) is 60.7 Å². The summed E-state index contributed by atoms with van der Waals surface area (Å²) in [4.78, 5) is 31.9. The summed E-state index contributed by atoms with van der Waals surface area (Å²) < 4.78 is 0. The number of amides is 1. The molecule has 0 aliphatic carbocycles. The average molecular weight is 392 g/mol. The molecule has 1 fully saturated rings. The first-order chi connectivity index (χ1) is 13.5. The second-order valence-corrected chi connectivity index (χ2v) is 8.15. The molecule has 6 heteroatoms. The number of thiazole rings is 1. The van der Waals surface area contributed by atoms with E-state index in [-0.39, 0.29) is 18.4 Å². The van der Waals surface area contributed by atoms with Crippen molar-refractivity contribution in [1.82, 2.24) is 9.88 Å². The number of carboxylic acids is 1. The Kier molecular flexibility index (Phi) is 4.96. The molecule has 1 amide bonds. The monoisotopic (exact) mass is 392 g/mol. The molecule has 1 aliphatic rings. The van der Waals surface area contributed by atoms with E-state index in [2.05, 4.69) is 4.98 Å². The Morgan fingerprint density at radius 1 is 1.04 bits per heavy atom. The summed E-state index contributed by atoms with van der Waals surface area (Å²) in [6, 6.07) is 19.2. The van der Waals surface area contributed by atoms with E-state index in [9.17, 15) is 14.7 Å². The number of carbonyl (C=O) groups is 2. The van der Waals surface area contributed by atoms with Gasteiger partial charge in [0.1, 0.15) is 4.88 Å². The van der Waals surface area contributed by atoms with Gasteiger partial charge in [0.2, 0.25) is 0 Å². The molecule has 28 heavy (non-hydrogen) atoms. The van der Waals surface area contributed by atoms with Gasteiger partial charge in [-0.05, 0) is 12.5 Å². The van der Waals surface area contributed by atoms with Crippen molar-refractivity contribution in [2.24, 2.45) is 5.92 Å². The summed E-state index contributed by atoms with van der Waals surface area (Å²) in [5, 5.41) is 10.5. The number of benzene rings is 2. The summed E-state index contributed by atoms with van der Waals surface area (Å²) >= 11 is 1.36. The molecule has 2 aromatic carbocycles. The number of nitrogens with zero attached hydrogens (tertiary/aromatic N) is 2. The summed E-state index contributed by atoms with van der Waals surface area (Å²) in [5.41, 5.74) is 2.51. The minimum Gasteiger partial charge on any atom is -0.481 e. The van der Waals surface area contributed by atoms with Gasteiger partial charge in [-0.25, -0.2) is 4.98 Å². The van der Waals surface area contributed by atoms with Gasteiger partial charge in [0, 0.05) is 24.6 Å². The van der Waals surface area contributed by atoms with E-state index in [4.69, 9.17) is 0 Å². The number of carbonyl (C=O) groups excluding carboxylic acids is 1. The van der Waals surface area contributed by atoms with E-state index in [0.717, 1.165) is 16.1 Å². The van der Waals surface area contributed by atoms with Crippen LogP contribution in [0.25, 0.3) is 11.3 Å². The molecule has 0 saturated carbocycles. The largest absolute Gasteiger partial charge is 0.481 e. The smallest absolute Gasteiger partial charge is 0.308 e. The summed E-state index contributed by atoms with van der Waals surface area (Å²) in [7, 11) is 0. The van der Waals surface area contributed by atoms with Gasteiger partial charge in [0.05, 0.1) is 16.6 Å². The maximum atomic E-state index is 13.3. The van der Waals surface area contributed by atoms with Crippen LogP contribution in [0, 0.1) is 12.8 Å². The van der Waals surface area contributed by atoms with Gasteiger partial charge in [-0.1, -0.05) is 60.7 Å². The molecule has 0 bridgehead atoms. The molecule has 2 heterocycles. The van der Waals surface area contributed by atoms with Crippen LogP contribution in [0.3, 0.4) is 0 Å². The highest BCUT2D eigenvalue weighted by atomic mass is 32.1. The van der Waals surface area contributed by atoms with Gasteiger partial charge in [-0.15, -0.1) is 11.3 Å². The lowest BCUT2D eigenvalue weighted by Gasteiger charge is -2.16. The van der Waals surface area contributed by atoms with E-state index in [0.29, 0.717) is 17.1 Å².